The molecule has 0 unspecified atom stereocenters. The molecular formula is C20H22Cl2N2O3S. The molecule has 1 aromatic heterocycles. The van der Waals surface area contributed by atoms with E-state index in [-0.39, 0.29) is 24.5 Å². The highest BCUT2D eigenvalue weighted by Crippen LogP contribution is 2.42. The summed E-state index contributed by atoms with van der Waals surface area (Å²) in [6.45, 7) is 0.282. The Bertz CT molecular complexity index is 821. The van der Waals surface area contributed by atoms with Crippen LogP contribution in [-0.4, -0.2) is 31.5 Å². The summed E-state index contributed by atoms with van der Waals surface area (Å²) in [7, 11) is 0. The van der Waals surface area contributed by atoms with Gasteiger partial charge >= 0.3 is 0 Å². The molecule has 28 heavy (non-hydrogen) atoms. The summed E-state index contributed by atoms with van der Waals surface area (Å²) < 4.78 is 5.36. The van der Waals surface area contributed by atoms with E-state index in [1.807, 2.05) is 0 Å². The number of rotatable bonds is 8. The minimum absolute atomic E-state index is 0.0300. The number of amides is 2. The van der Waals surface area contributed by atoms with Crippen molar-refractivity contribution >= 4 is 46.4 Å². The van der Waals surface area contributed by atoms with Crippen LogP contribution in [0.15, 0.2) is 35.7 Å². The molecule has 2 amide bonds. The van der Waals surface area contributed by atoms with Crippen LogP contribution < -0.4 is 15.4 Å². The molecule has 1 aliphatic carbocycles. The normalized spacial score (nSPS) is 15.2. The van der Waals surface area contributed by atoms with Crippen molar-refractivity contribution < 1.29 is 14.3 Å². The monoisotopic (exact) mass is 440 g/mol. The summed E-state index contributed by atoms with van der Waals surface area (Å²) in [5.74, 6) is -0.236. The number of carbonyl (C=O) groups is 2. The van der Waals surface area contributed by atoms with Gasteiger partial charge in [0, 0.05) is 21.9 Å². The van der Waals surface area contributed by atoms with Crippen LogP contribution in [0, 0.1) is 0 Å². The number of ether oxygens (including phenoxy) is 1. The highest BCUT2D eigenvalue weighted by Gasteiger charge is 2.36. The van der Waals surface area contributed by atoms with E-state index in [0.29, 0.717) is 22.3 Å². The van der Waals surface area contributed by atoms with Crippen molar-refractivity contribution in [2.75, 3.05) is 19.7 Å². The molecule has 1 heterocycles. The molecule has 5 nitrogen and oxygen atoms in total. The lowest BCUT2D eigenvalue weighted by molar-refractivity contribution is -0.127. The summed E-state index contributed by atoms with van der Waals surface area (Å²) in [6.07, 6.45) is 4.51. The van der Waals surface area contributed by atoms with Crippen LogP contribution >= 0.6 is 34.5 Å². The average Bonchev–Trinajstić information content (AvgIpc) is 3.36. The van der Waals surface area contributed by atoms with Crippen molar-refractivity contribution in [3.8, 4) is 5.75 Å². The second-order valence-electron chi connectivity index (χ2n) is 6.88. The summed E-state index contributed by atoms with van der Waals surface area (Å²) in [4.78, 5) is 25.4. The van der Waals surface area contributed by atoms with Gasteiger partial charge in [-0.3, -0.25) is 9.59 Å². The first-order valence-corrected chi connectivity index (χ1v) is 10.8. The second-order valence-corrected chi connectivity index (χ2v) is 8.67. The van der Waals surface area contributed by atoms with Crippen LogP contribution in [0.3, 0.4) is 0 Å². The van der Waals surface area contributed by atoms with Gasteiger partial charge in [-0.25, -0.2) is 0 Å². The SMILES string of the molecule is O=C(CNC(=O)COc1ccc(Cl)cc1Cl)NCC1(c2cccs2)CCCC1. The number of hydrogen-bond donors (Lipinski definition) is 2. The fraction of sp³-hybridized carbons (Fsp3) is 0.400. The third-order valence-corrected chi connectivity index (χ3v) is 6.57. The molecular weight excluding hydrogens is 419 g/mol. The highest BCUT2D eigenvalue weighted by molar-refractivity contribution is 7.10. The van der Waals surface area contributed by atoms with Gasteiger partial charge < -0.3 is 15.4 Å². The molecule has 0 atom stereocenters. The van der Waals surface area contributed by atoms with Crippen LogP contribution in [0.1, 0.15) is 30.6 Å². The zero-order valence-electron chi connectivity index (χ0n) is 15.3. The van der Waals surface area contributed by atoms with Gasteiger partial charge in [0.05, 0.1) is 11.6 Å². The van der Waals surface area contributed by atoms with E-state index in [1.165, 1.54) is 23.8 Å². The van der Waals surface area contributed by atoms with Crippen molar-refractivity contribution in [1.29, 1.82) is 0 Å². The van der Waals surface area contributed by atoms with Gasteiger partial charge in [-0.05, 0) is 42.5 Å². The predicted octanol–water partition coefficient (Wildman–Crippen LogP) is 4.18. The first kappa shape index (κ1) is 21.0. The van der Waals surface area contributed by atoms with Crippen LogP contribution in [0.25, 0.3) is 0 Å². The van der Waals surface area contributed by atoms with Crippen molar-refractivity contribution in [3.63, 3.8) is 0 Å². The maximum absolute atomic E-state index is 12.2. The Morgan fingerprint density at radius 3 is 2.57 bits per heavy atom. The quantitative estimate of drug-likeness (QED) is 0.646. The number of nitrogens with one attached hydrogen (secondary N) is 2. The van der Waals surface area contributed by atoms with Crippen molar-refractivity contribution in [2.24, 2.45) is 0 Å². The summed E-state index contributed by atoms with van der Waals surface area (Å²) in [5, 5.41) is 8.43. The van der Waals surface area contributed by atoms with Gasteiger partial charge in [0.2, 0.25) is 5.91 Å². The van der Waals surface area contributed by atoms with E-state index in [4.69, 9.17) is 27.9 Å². The van der Waals surface area contributed by atoms with Crippen molar-refractivity contribution in [2.45, 2.75) is 31.1 Å². The van der Waals surface area contributed by atoms with Gasteiger partial charge in [-0.15, -0.1) is 11.3 Å². The maximum atomic E-state index is 12.2. The molecule has 1 aromatic carbocycles. The van der Waals surface area contributed by atoms with Gasteiger partial charge in [-0.1, -0.05) is 42.1 Å². The summed E-state index contributed by atoms with van der Waals surface area (Å²) in [6, 6.07) is 8.95. The Morgan fingerprint density at radius 2 is 1.89 bits per heavy atom. The summed E-state index contributed by atoms with van der Waals surface area (Å²) in [5.41, 5.74) is 0.0300. The molecule has 1 saturated carbocycles. The number of carbonyl (C=O) groups excluding carboxylic acids is 2. The van der Waals surface area contributed by atoms with Crippen LogP contribution in [0.5, 0.6) is 5.75 Å². The Kier molecular flexibility index (Phi) is 7.21. The smallest absolute Gasteiger partial charge is 0.258 e. The topological polar surface area (TPSA) is 67.4 Å². The van der Waals surface area contributed by atoms with Crippen molar-refractivity contribution in [1.82, 2.24) is 10.6 Å². The lowest BCUT2D eigenvalue weighted by atomic mass is 9.84. The largest absolute Gasteiger partial charge is 0.482 e. The van der Waals surface area contributed by atoms with Gasteiger partial charge in [0.25, 0.3) is 5.91 Å². The minimum Gasteiger partial charge on any atom is -0.482 e. The van der Waals surface area contributed by atoms with Gasteiger partial charge in [-0.2, -0.15) is 0 Å². The molecule has 0 aliphatic heterocycles. The molecule has 2 aromatic rings. The third kappa shape index (κ3) is 5.40. The predicted molar refractivity (Wildman–Crippen MR) is 112 cm³/mol. The van der Waals surface area contributed by atoms with Gasteiger partial charge in [0.15, 0.2) is 6.61 Å². The molecule has 8 heteroatoms. The number of halogens is 2. The minimum atomic E-state index is -0.394. The number of thiophene rings is 1. The Balaban J connectivity index is 1.42. The Hall–Kier alpha value is -1.76. The van der Waals surface area contributed by atoms with E-state index in [2.05, 4.69) is 28.1 Å². The molecule has 2 N–H and O–H groups in total. The first-order valence-electron chi connectivity index (χ1n) is 9.14. The van der Waals surface area contributed by atoms with Crippen molar-refractivity contribution in [3.05, 3.63) is 50.6 Å². The third-order valence-electron chi connectivity index (χ3n) is 4.93. The fourth-order valence-corrected chi connectivity index (χ4v) is 4.89. The molecule has 0 spiro atoms. The molecule has 0 saturated heterocycles. The molecule has 1 aliphatic rings. The van der Waals surface area contributed by atoms with E-state index in [0.717, 1.165) is 12.8 Å². The first-order chi connectivity index (χ1) is 13.5. The van der Waals surface area contributed by atoms with Gasteiger partial charge in [0.1, 0.15) is 5.75 Å². The lowest BCUT2D eigenvalue weighted by Crippen LogP contribution is -2.44. The molecule has 150 valence electrons. The molecule has 0 radical (unpaired) electrons. The zero-order valence-corrected chi connectivity index (χ0v) is 17.6. The maximum Gasteiger partial charge on any atom is 0.258 e. The molecule has 3 rings (SSSR count). The highest BCUT2D eigenvalue weighted by atomic mass is 35.5. The zero-order chi connectivity index (χ0) is 20.0. The fourth-order valence-electron chi connectivity index (χ4n) is 3.44. The number of hydrogen-bond acceptors (Lipinski definition) is 4. The Morgan fingerprint density at radius 1 is 1.11 bits per heavy atom. The molecule has 1 fully saturated rings. The average molecular weight is 441 g/mol. The van der Waals surface area contributed by atoms with E-state index < -0.39 is 5.91 Å². The van der Waals surface area contributed by atoms with Crippen LogP contribution in [0.2, 0.25) is 10.0 Å². The van der Waals surface area contributed by atoms with E-state index in [9.17, 15) is 9.59 Å². The van der Waals surface area contributed by atoms with E-state index >= 15 is 0 Å². The van der Waals surface area contributed by atoms with Crippen LogP contribution in [-0.2, 0) is 15.0 Å². The standard InChI is InChI=1S/C20H22Cl2N2O3S/c21-14-5-6-16(15(22)10-14)27-12-19(26)23-11-18(25)24-13-20(7-1-2-8-20)17-4-3-9-28-17/h3-6,9-10H,1-2,7-8,11-13H2,(H,23,26)(H,24,25). The second kappa shape index (κ2) is 9.63. The summed E-state index contributed by atoms with van der Waals surface area (Å²) >= 11 is 13.6. The van der Waals surface area contributed by atoms with E-state index in [1.54, 1.807) is 23.5 Å². The number of benzene rings is 1. The Labute approximate surface area is 178 Å². The van der Waals surface area contributed by atoms with Crippen LogP contribution in [0.4, 0.5) is 0 Å². The lowest BCUT2D eigenvalue weighted by Gasteiger charge is -2.28. The molecule has 0 bridgehead atoms.